The number of sulfone groups is 1. The van der Waals surface area contributed by atoms with E-state index in [-0.39, 0.29) is 39.7 Å². The van der Waals surface area contributed by atoms with Crippen LogP contribution in [0.4, 0.5) is 4.39 Å². The third-order valence-corrected chi connectivity index (χ3v) is 5.57. The molecule has 0 bridgehead atoms. The number of methoxy groups -OCH3 is 1. The molecule has 0 unspecified atom stereocenters. The first-order valence-corrected chi connectivity index (χ1v) is 10.5. The van der Waals surface area contributed by atoms with Gasteiger partial charge in [0.2, 0.25) is 0 Å². The Morgan fingerprint density at radius 1 is 1.17 bits per heavy atom. The van der Waals surface area contributed by atoms with Crippen molar-refractivity contribution in [3.63, 3.8) is 0 Å². The van der Waals surface area contributed by atoms with Crippen LogP contribution < -0.4 is 9.84 Å². The number of aromatic nitrogens is 2. The number of hydrogen-bond acceptors (Lipinski definition) is 6. The Hall–Kier alpha value is -3.20. The summed E-state index contributed by atoms with van der Waals surface area (Å²) in [5.74, 6) is -2.09. The second-order valence-corrected chi connectivity index (χ2v) is 8.34. The number of aromatic carboxylic acids is 1. The predicted molar refractivity (Wildman–Crippen MR) is 103 cm³/mol. The van der Waals surface area contributed by atoms with Gasteiger partial charge >= 0.3 is 0 Å². The minimum Gasteiger partial charge on any atom is -0.543 e. The van der Waals surface area contributed by atoms with E-state index in [0.29, 0.717) is 5.56 Å². The minimum absolute atomic E-state index is 0.0192. The average Bonchev–Trinajstić information content (AvgIpc) is 3.07. The molecule has 0 aliphatic carbocycles. The van der Waals surface area contributed by atoms with Gasteiger partial charge < -0.3 is 14.6 Å². The monoisotopic (exact) mass is 417 g/mol. The summed E-state index contributed by atoms with van der Waals surface area (Å²) in [6.07, 6.45) is 1.09. The number of hydrogen-bond donors (Lipinski definition) is 0. The van der Waals surface area contributed by atoms with E-state index in [1.165, 1.54) is 48.2 Å². The van der Waals surface area contributed by atoms with Crippen LogP contribution in [0.3, 0.4) is 0 Å². The molecule has 3 aromatic rings. The SMILES string of the molecule is CCn1nc(-c2ccc(S(C)(=O)=O)cc2)c(-c2ccc(OC)c(F)c2)c1C(=O)[O-]. The molecular formula is C20H18FN2O5S-. The van der Waals surface area contributed by atoms with Gasteiger partial charge in [0.1, 0.15) is 5.69 Å². The van der Waals surface area contributed by atoms with Gasteiger partial charge in [-0.15, -0.1) is 0 Å². The summed E-state index contributed by atoms with van der Waals surface area (Å²) in [7, 11) is -2.06. The standard InChI is InChI=1S/C20H19FN2O5S/c1-4-23-19(20(24)25)17(13-7-10-16(28-2)15(21)11-13)18(22-23)12-5-8-14(9-6-12)29(3,26)27/h5-11H,4H2,1-3H3,(H,24,25)/p-1. The lowest BCUT2D eigenvalue weighted by Gasteiger charge is -2.11. The van der Waals surface area contributed by atoms with Gasteiger partial charge in [-0.1, -0.05) is 18.2 Å². The molecule has 152 valence electrons. The molecule has 0 radical (unpaired) electrons. The van der Waals surface area contributed by atoms with Crippen molar-refractivity contribution in [1.29, 1.82) is 0 Å². The summed E-state index contributed by atoms with van der Waals surface area (Å²) in [6, 6.07) is 9.96. The molecule has 2 aromatic carbocycles. The topological polar surface area (TPSA) is 101 Å². The fraction of sp³-hybridized carbons (Fsp3) is 0.200. The van der Waals surface area contributed by atoms with Gasteiger partial charge in [0.15, 0.2) is 21.4 Å². The molecule has 1 aromatic heterocycles. The molecule has 3 rings (SSSR count). The molecule has 0 saturated carbocycles. The maximum Gasteiger partial charge on any atom is 0.175 e. The van der Waals surface area contributed by atoms with Crippen LogP contribution in [0.2, 0.25) is 0 Å². The van der Waals surface area contributed by atoms with Crippen LogP contribution in [0.5, 0.6) is 5.75 Å². The van der Waals surface area contributed by atoms with Crippen LogP contribution in [-0.2, 0) is 16.4 Å². The number of benzene rings is 2. The van der Waals surface area contributed by atoms with E-state index in [2.05, 4.69) is 5.10 Å². The minimum atomic E-state index is -3.39. The first-order chi connectivity index (χ1) is 13.7. The predicted octanol–water partition coefficient (Wildman–Crippen LogP) is 2.15. The summed E-state index contributed by atoms with van der Waals surface area (Å²) in [6.45, 7) is 1.96. The first kappa shape index (κ1) is 20.5. The van der Waals surface area contributed by atoms with E-state index in [1.807, 2.05) is 0 Å². The van der Waals surface area contributed by atoms with Gasteiger partial charge in [-0.05, 0) is 36.8 Å². The van der Waals surface area contributed by atoms with E-state index >= 15 is 0 Å². The van der Waals surface area contributed by atoms with Crippen molar-refractivity contribution in [2.75, 3.05) is 13.4 Å². The van der Waals surface area contributed by atoms with E-state index in [4.69, 9.17) is 4.74 Å². The van der Waals surface area contributed by atoms with Crippen molar-refractivity contribution in [3.8, 4) is 28.1 Å². The normalized spacial score (nSPS) is 11.4. The average molecular weight is 417 g/mol. The first-order valence-electron chi connectivity index (χ1n) is 8.64. The molecule has 7 nitrogen and oxygen atoms in total. The highest BCUT2D eigenvalue weighted by molar-refractivity contribution is 7.90. The van der Waals surface area contributed by atoms with Crippen molar-refractivity contribution < 1.29 is 27.4 Å². The molecule has 0 aliphatic heterocycles. The molecular weight excluding hydrogens is 399 g/mol. The number of carboxylic acid groups (broad SMARTS) is 1. The summed E-state index contributed by atoms with van der Waals surface area (Å²) in [5.41, 5.74) is 1.03. The van der Waals surface area contributed by atoms with Crippen molar-refractivity contribution in [1.82, 2.24) is 9.78 Å². The number of carbonyl (C=O) groups excluding carboxylic acids is 1. The van der Waals surface area contributed by atoms with E-state index < -0.39 is 21.6 Å². The molecule has 0 fully saturated rings. The van der Waals surface area contributed by atoms with Crippen LogP contribution in [0.25, 0.3) is 22.4 Å². The summed E-state index contributed by atoms with van der Waals surface area (Å²) >= 11 is 0. The molecule has 0 saturated heterocycles. The van der Waals surface area contributed by atoms with Gasteiger partial charge in [0, 0.05) is 23.9 Å². The summed E-state index contributed by atoms with van der Waals surface area (Å²) < 4.78 is 43.9. The zero-order valence-corrected chi connectivity index (χ0v) is 16.8. The van der Waals surface area contributed by atoms with Crippen LogP contribution in [0.1, 0.15) is 17.4 Å². The second kappa shape index (κ2) is 7.67. The fourth-order valence-corrected chi connectivity index (χ4v) is 3.69. The van der Waals surface area contributed by atoms with Gasteiger partial charge in [0.05, 0.1) is 23.7 Å². The highest BCUT2D eigenvalue weighted by Gasteiger charge is 2.22. The van der Waals surface area contributed by atoms with E-state index in [0.717, 1.165) is 12.3 Å². The third kappa shape index (κ3) is 3.86. The number of nitrogens with zero attached hydrogens (tertiary/aromatic N) is 2. The maximum absolute atomic E-state index is 14.3. The number of rotatable bonds is 6. The lowest BCUT2D eigenvalue weighted by atomic mass is 9.98. The molecule has 29 heavy (non-hydrogen) atoms. The number of carboxylic acids is 1. The Morgan fingerprint density at radius 3 is 2.28 bits per heavy atom. The highest BCUT2D eigenvalue weighted by atomic mass is 32.2. The number of ether oxygens (including phenoxy) is 1. The van der Waals surface area contributed by atoms with Crippen molar-refractivity contribution in [3.05, 3.63) is 54.0 Å². The summed E-state index contributed by atoms with van der Waals surface area (Å²) in [4.78, 5) is 12.0. The molecule has 0 spiro atoms. The molecule has 0 amide bonds. The van der Waals surface area contributed by atoms with Crippen molar-refractivity contribution in [2.24, 2.45) is 0 Å². The third-order valence-electron chi connectivity index (χ3n) is 4.44. The number of aryl methyl sites for hydroxylation is 1. The van der Waals surface area contributed by atoms with Gasteiger partial charge in [-0.2, -0.15) is 5.10 Å². The highest BCUT2D eigenvalue weighted by Crippen LogP contribution is 2.36. The van der Waals surface area contributed by atoms with E-state index in [1.54, 1.807) is 6.92 Å². The zero-order valence-electron chi connectivity index (χ0n) is 16.0. The Kier molecular flexibility index (Phi) is 5.43. The van der Waals surface area contributed by atoms with Gasteiger partial charge in [0.25, 0.3) is 0 Å². The molecule has 1 heterocycles. The Morgan fingerprint density at radius 2 is 1.79 bits per heavy atom. The van der Waals surface area contributed by atoms with Crippen LogP contribution in [0, 0.1) is 5.82 Å². The number of carbonyl (C=O) groups is 1. The van der Waals surface area contributed by atoms with Crippen LogP contribution >= 0.6 is 0 Å². The Balaban J connectivity index is 2.28. The lowest BCUT2D eigenvalue weighted by Crippen LogP contribution is -2.26. The van der Waals surface area contributed by atoms with E-state index in [9.17, 15) is 22.7 Å². The smallest absolute Gasteiger partial charge is 0.175 e. The fourth-order valence-electron chi connectivity index (χ4n) is 3.06. The zero-order chi connectivity index (χ0) is 21.3. The molecule has 0 atom stereocenters. The summed E-state index contributed by atoms with van der Waals surface area (Å²) in [5, 5.41) is 16.2. The molecule has 0 N–H and O–H groups in total. The van der Waals surface area contributed by atoms with Crippen LogP contribution in [-0.4, -0.2) is 37.5 Å². The number of halogens is 1. The maximum atomic E-state index is 14.3. The van der Waals surface area contributed by atoms with Gasteiger partial charge in [-0.3, -0.25) is 4.68 Å². The quantitative estimate of drug-likeness (QED) is 0.609. The lowest BCUT2D eigenvalue weighted by molar-refractivity contribution is -0.255. The Labute approximate surface area is 167 Å². The van der Waals surface area contributed by atoms with Crippen LogP contribution in [0.15, 0.2) is 47.4 Å². The van der Waals surface area contributed by atoms with Gasteiger partial charge in [-0.25, -0.2) is 12.8 Å². The Bertz CT molecular complexity index is 1180. The molecule has 9 heteroatoms. The second-order valence-electron chi connectivity index (χ2n) is 6.32. The molecule has 0 aliphatic rings. The van der Waals surface area contributed by atoms with Crippen molar-refractivity contribution in [2.45, 2.75) is 18.4 Å². The van der Waals surface area contributed by atoms with Crippen molar-refractivity contribution >= 4 is 15.8 Å². The largest absolute Gasteiger partial charge is 0.543 e.